The lowest BCUT2D eigenvalue weighted by molar-refractivity contribution is -0.136. The highest BCUT2D eigenvalue weighted by Crippen LogP contribution is 2.57. The molecule has 0 N–H and O–H groups in total. The van der Waals surface area contributed by atoms with E-state index >= 15 is 0 Å². The highest BCUT2D eigenvalue weighted by molar-refractivity contribution is 6.99. The van der Waals surface area contributed by atoms with E-state index in [2.05, 4.69) is 102 Å². The number of hydrogen-bond donors (Lipinski definition) is 0. The summed E-state index contributed by atoms with van der Waals surface area (Å²) in [5, 5.41) is 2.58. The molecule has 176 valence electrons. The lowest BCUT2D eigenvalue weighted by atomic mass is 9.64. The number of ketones is 1. The van der Waals surface area contributed by atoms with E-state index in [9.17, 15) is 4.79 Å². The minimum Gasteiger partial charge on any atom is -0.404 e. The van der Waals surface area contributed by atoms with Crippen molar-refractivity contribution < 1.29 is 9.22 Å². The zero-order valence-corrected chi connectivity index (χ0v) is 22.1. The fourth-order valence-electron chi connectivity index (χ4n) is 6.87. The maximum atomic E-state index is 13.2. The number of hydrogen-bond acceptors (Lipinski definition) is 2. The predicted octanol–water partition coefficient (Wildman–Crippen LogP) is 6.29. The smallest absolute Gasteiger partial charge is 0.261 e. The Labute approximate surface area is 201 Å². The standard InChI is InChI=1S/C30H40O2Si/c1-22(2)21-23-19-20-30(6)27(18-17-26(31)28(23)30)32-33(29(3,4)5,24-13-9-7-10-14-24)25-15-11-8-12-16-25/h7-16,23,27-28H,1,17-21H2,2-6H3/t23-,27-,28+,30+/m1/s1. The summed E-state index contributed by atoms with van der Waals surface area (Å²) >= 11 is 0. The Morgan fingerprint density at radius 1 is 1.03 bits per heavy atom. The maximum Gasteiger partial charge on any atom is 0.261 e. The van der Waals surface area contributed by atoms with E-state index < -0.39 is 8.32 Å². The number of rotatable bonds is 6. The van der Waals surface area contributed by atoms with Crippen molar-refractivity contribution in [3.05, 3.63) is 72.8 Å². The Morgan fingerprint density at radius 3 is 2.06 bits per heavy atom. The molecule has 0 saturated heterocycles. The van der Waals surface area contributed by atoms with Crippen LogP contribution in [0.25, 0.3) is 0 Å². The van der Waals surface area contributed by atoms with Crippen LogP contribution in [0.1, 0.15) is 66.7 Å². The van der Waals surface area contributed by atoms with Gasteiger partial charge in [0.2, 0.25) is 0 Å². The molecule has 4 atom stereocenters. The van der Waals surface area contributed by atoms with Gasteiger partial charge < -0.3 is 4.43 Å². The van der Waals surface area contributed by atoms with Gasteiger partial charge in [-0.2, -0.15) is 0 Å². The first-order valence-corrected chi connectivity index (χ1v) is 14.5. The van der Waals surface area contributed by atoms with Crippen LogP contribution in [0.5, 0.6) is 0 Å². The van der Waals surface area contributed by atoms with Crippen molar-refractivity contribution in [1.82, 2.24) is 0 Å². The number of Topliss-reactive ketones (excluding diaryl/α,β-unsaturated/α-hetero) is 1. The van der Waals surface area contributed by atoms with E-state index in [1.165, 1.54) is 15.9 Å². The van der Waals surface area contributed by atoms with Gasteiger partial charge in [-0.05, 0) is 53.9 Å². The lowest BCUT2D eigenvalue weighted by Gasteiger charge is -2.51. The summed E-state index contributed by atoms with van der Waals surface area (Å²) in [6.45, 7) is 15.6. The molecule has 2 aliphatic carbocycles. The van der Waals surface area contributed by atoms with Crippen molar-refractivity contribution in [2.45, 2.75) is 77.9 Å². The highest BCUT2D eigenvalue weighted by Gasteiger charge is 2.59. The minimum atomic E-state index is -2.65. The second-order valence-electron chi connectivity index (χ2n) is 11.7. The molecule has 2 aromatic rings. The van der Waals surface area contributed by atoms with Crippen LogP contribution in [0, 0.1) is 17.3 Å². The highest BCUT2D eigenvalue weighted by atomic mass is 28.4. The SMILES string of the molecule is C=C(C)C[C@H]1CC[C@]2(C)[C@@H]1C(=O)CC[C@H]2O[Si](c1ccccc1)(c1ccccc1)C(C)(C)C. The third-order valence-corrected chi connectivity index (χ3v) is 13.4. The van der Waals surface area contributed by atoms with Crippen molar-refractivity contribution >= 4 is 24.5 Å². The summed E-state index contributed by atoms with van der Waals surface area (Å²) in [5.41, 5.74) is 1.08. The Kier molecular flexibility index (Phi) is 6.59. The molecule has 2 aliphatic rings. The van der Waals surface area contributed by atoms with E-state index in [0.717, 1.165) is 25.7 Å². The van der Waals surface area contributed by atoms with Crippen LogP contribution >= 0.6 is 0 Å². The summed E-state index contributed by atoms with van der Waals surface area (Å²) in [4.78, 5) is 13.2. The first-order valence-electron chi connectivity index (χ1n) is 12.6. The quantitative estimate of drug-likeness (QED) is 0.374. The fourth-order valence-corrected chi connectivity index (χ4v) is 11.7. The van der Waals surface area contributed by atoms with Crippen LogP contribution in [0.15, 0.2) is 72.8 Å². The average Bonchev–Trinajstić information content (AvgIpc) is 3.11. The fraction of sp³-hybridized carbons (Fsp3) is 0.500. The van der Waals surface area contributed by atoms with Crippen molar-refractivity contribution in [1.29, 1.82) is 0 Å². The summed E-state index contributed by atoms with van der Waals surface area (Å²) in [7, 11) is -2.65. The van der Waals surface area contributed by atoms with E-state index in [1.807, 2.05) is 0 Å². The van der Waals surface area contributed by atoms with Crippen molar-refractivity contribution in [2.24, 2.45) is 17.3 Å². The monoisotopic (exact) mass is 460 g/mol. The number of benzene rings is 2. The van der Waals surface area contributed by atoms with Gasteiger partial charge in [0.15, 0.2) is 0 Å². The molecular formula is C30H40O2Si. The molecule has 0 aliphatic heterocycles. The van der Waals surface area contributed by atoms with E-state index in [1.54, 1.807) is 0 Å². The van der Waals surface area contributed by atoms with E-state index in [0.29, 0.717) is 18.1 Å². The van der Waals surface area contributed by atoms with Crippen LogP contribution in [0.3, 0.4) is 0 Å². The van der Waals surface area contributed by atoms with Crippen molar-refractivity contribution in [3.8, 4) is 0 Å². The molecular weight excluding hydrogens is 420 g/mol. The third kappa shape index (κ3) is 4.19. The van der Waals surface area contributed by atoms with Crippen LogP contribution in [-0.2, 0) is 9.22 Å². The molecule has 0 bridgehead atoms. The van der Waals surface area contributed by atoms with Gasteiger partial charge in [-0.25, -0.2) is 0 Å². The van der Waals surface area contributed by atoms with Crippen LogP contribution < -0.4 is 10.4 Å². The van der Waals surface area contributed by atoms with Gasteiger partial charge in [0, 0.05) is 17.8 Å². The van der Waals surface area contributed by atoms with Gasteiger partial charge in [0.25, 0.3) is 8.32 Å². The molecule has 3 heteroatoms. The summed E-state index contributed by atoms with van der Waals surface area (Å²) in [5.74, 6) is 0.945. The van der Waals surface area contributed by atoms with Crippen LogP contribution in [0.4, 0.5) is 0 Å². The largest absolute Gasteiger partial charge is 0.404 e. The van der Waals surface area contributed by atoms with Gasteiger partial charge in [0.05, 0.1) is 6.10 Å². The zero-order chi connectivity index (χ0) is 23.9. The van der Waals surface area contributed by atoms with Gasteiger partial charge in [-0.15, -0.1) is 6.58 Å². The second kappa shape index (κ2) is 9.00. The Balaban J connectivity index is 1.82. The van der Waals surface area contributed by atoms with Crippen molar-refractivity contribution in [2.75, 3.05) is 0 Å². The molecule has 2 fully saturated rings. The second-order valence-corrected chi connectivity index (χ2v) is 16.0. The Bertz CT molecular complexity index is 951. The zero-order valence-electron chi connectivity index (χ0n) is 21.1. The van der Waals surface area contributed by atoms with Crippen LogP contribution in [-0.4, -0.2) is 20.2 Å². The number of fused-ring (bicyclic) bond motifs is 1. The first kappa shape index (κ1) is 24.2. The molecule has 0 radical (unpaired) electrons. The number of carbonyl (C=O) groups is 1. The van der Waals surface area contributed by atoms with E-state index in [-0.39, 0.29) is 22.5 Å². The first-order chi connectivity index (χ1) is 15.6. The summed E-state index contributed by atoms with van der Waals surface area (Å²) in [6, 6.07) is 21.8. The molecule has 2 saturated carbocycles. The molecule has 33 heavy (non-hydrogen) atoms. The predicted molar refractivity (Wildman–Crippen MR) is 140 cm³/mol. The van der Waals surface area contributed by atoms with E-state index in [4.69, 9.17) is 4.43 Å². The Morgan fingerprint density at radius 2 is 1.58 bits per heavy atom. The molecule has 0 unspecified atom stereocenters. The van der Waals surface area contributed by atoms with Crippen LogP contribution in [0.2, 0.25) is 5.04 Å². The maximum absolute atomic E-state index is 13.2. The minimum absolute atomic E-state index is 0.0568. The topological polar surface area (TPSA) is 26.3 Å². The molecule has 0 amide bonds. The lowest BCUT2D eigenvalue weighted by Crippen LogP contribution is -2.69. The van der Waals surface area contributed by atoms with Gasteiger partial charge in [-0.3, -0.25) is 4.79 Å². The molecule has 0 aromatic heterocycles. The molecule has 0 heterocycles. The van der Waals surface area contributed by atoms with Gasteiger partial charge in [0.1, 0.15) is 5.78 Å². The van der Waals surface area contributed by atoms with Gasteiger partial charge >= 0.3 is 0 Å². The molecule has 4 rings (SSSR count). The third-order valence-electron chi connectivity index (χ3n) is 8.32. The normalized spacial score (nSPS) is 27.9. The number of carbonyl (C=O) groups excluding carboxylic acids is 1. The molecule has 2 nitrogen and oxygen atoms in total. The number of allylic oxidation sites excluding steroid dienone is 1. The average molecular weight is 461 g/mol. The summed E-state index contributed by atoms with van der Waals surface area (Å²) < 4.78 is 7.60. The molecule has 2 aromatic carbocycles. The van der Waals surface area contributed by atoms with Crippen molar-refractivity contribution in [3.63, 3.8) is 0 Å². The Hall–Kier alpha value is -1.97. The molecule has 0 spiro atoms. The summed E-state index contributed by atoms with van der Waals surface area (Å²) in [6.07, 6.45) is 4.66. The van der Waals surface area contributed by atoms with Gasteiger partial charge in [-0.1, -0.05) is 93.9 Å².